The van der Waals surface area contributed by atoms with Crippen LogP contribution in [0, 0.1) is 0 Å². The lowest BCUT2D eigenvalue weighted by Crippen LogP contribution is -2.51. The number of benzene rings is 1. The van der Waals surface area contributed by atoms with Gasteiger partial charge in [-0.1, -0.05) is 30.3 Å². The summed E-state index contributed by atoms with van der Waals surface area (Å²) < 4.78 is 5.49. The molecule has 3 rings (SSSR count). The fourth-order valence-corrected chi connectivity index (χ4v) is 3.93. The molecule has 2 heterocycles. The van der Waals surface area contributed by atoms with E-state index in [-0.39, 0.29) is 12.0 Å². The van der Waals surface area contributed by atoms with Crippen molar-refractivity contribution in [2.75, 3.05) is 58.9 Å². The third kappa shape index (κ3) is 6.99. The molecule has 0 N–H and O–H groups in total. The molecule has 0 unspecified atom stereocenters. The molecule has 2 fully saturated rings. The van der Waals surface area contributed by atoms with Crippen molar-refractivity contribution >= 4 is 12.0 Å². The van der Waals surface area contributed by atoms with E-state index in [0.29, 0.717) is 26.2 Å². The highest BCUT2D eigenvalue weighted by Crippen LogP contribution is 2.13. The number of hydrogen-bond donors (Lipinski definition) is 0. The SMILES string of the molecule is CC(C)(C)OC(=O)N1CCCN(CC(=O)N2CCN(Cc3ccccc3)CC2)CC1. The smallest absolute Gasteiger partial charge is 0.410 e. The normalized spacial score (nSPS) is 19.4. The molecule has 7 heteroatoms. The zero-order valence-electron chi connectivity index (χ0n) is 18.7. The van der Waals surface area contributed by atoms with Crippen molar-refractivity contribution in [1.29, 1.82) is 0 Å². The average molecular weight is 417 g/mol. The minimum Gasteiger partial charge on any atom is -0.444 e. The van der Waals surface area contributed by atoms with E-state index in [2.05, 4.69) is 34.1 Å². The summed E-state index contributed by atoms with van der Waals surface area (Å²) in [6.07, 6.45) is 0.599. The fourth-order valence-electron chi connectivity index (χ4n) is 3.93. The van der Waals surface area contributed by atoms with Crippen molar-refractivity contribution in [3.05, 3.63) is 35.9 Å². The van der Waals surface area contributed by atoms with Crippen LogP contribution in [0.4, 0.5) is 4.79 Å². The quantitative estimate of drug-likeness (QED) is 0.754. The zero-order valence-corrected chi connectivity index (χ0v) is 18.7. The van der Waals surface area contributed by atoms with E-state index in [1.54, 1.807) is 4.90 Å². The Kier molecular flexibility index (Phi) is 7.72. The lowest BCUT2D eigenvalue weighted by molar-refractivity contribution is -0.134. The number of piperazine rings is 1. The minimum atomic E-state index is -0.484. The fraction of sp³-hybridized carbons (Fsp3) is 0.652. The van der Waals surface area contributed by atoms with Crippen LogP contribution in [0.5, 0.6) is 0 Å². The average Bonchev–Trinajstić information content (AvgIpc) is 2.94. The Morgan fingerprint density at radius 2 is 1.47 bits per heavy atom. The number of rotatable bonds is 4. The summed E-state index contributed by atoms with van der Waals surface area (Å²) >= 11 is 0. The maximum atomic E-state index is 12.8. The van der Waals surface area contributed by atoms with E-state index in [0.717, 1.165) is 45.7 Å². The molecule has 0 aromatic heterocycles. The maximum absolute atomic E-state index is 12.8. The number of ether oxygens (including phenoxy) is 1. The van der Waals surface area contributed by atoms with Crippen molar-refractivity contribution in [3.63, 3.8) is 0 Å². The molecule has 0 saturated carbocycles. The number of nitrogens with zero attached hydrogens (tertiary/aromatic N) is 4. The Morgan fingerprint density at radius 1 is 0.833 bits per heavy atom. The van der Waals surface area contributed by atoms with E-state index in [1.807, 2.05) is 31.7 Å². The Labute approximate surface area is 180 Å². The Bertz CT molecular complexity index is 696. The van der Waals surface area contributed by atoms with Crippen LogP contribution in [0.1, 0.15) is 32.8 Å². The molecule has 0 aliphatic carbocycles. The first-order valence-corrected chi connectivity index (χ1v) is 11.0. The van der Waals surface area contributed by atoms with Gasteiger partial charge in [-0.3, -0.25) is 14.6 Å². The van der Waals surface area contributed by atoms with Gasteiger partial charge in [0.15, 0.2) is 0 Å². The molecule has 1 aromatic carbocycles. The predicted octanol–water partition coefficient (Wildman–Crippen LogP) is 2.27. The van der Waals surface area contributed by atoms with Crippen LogP contribution < -0.4 is 0 Å². The van der Waals surface area contributed by atoms with Crippen molar-refractivity contribution in [2.45, 2.75) is 39.3 Å². The molecule has 0 atom stereocenters. The molecule has 0 radical (unpaired) electrons. The van der Waals surface area contributed by atoms with Gasteiger partial charge in [-0.25, -0.2) is 4.79 Å². The van der Waals surface area contributed by atoms with Crippen LogP contribution in [0.15, 0.2) is 30.3 Å². The molecule has 166 valence electrons. The highest BCUT2D eigenvalue weighted by molar-refractivity contribution is 5.78. The summed E-state index contributed by atoms with van der Waals surface area (Å²) in [7, 11) is 0. The number of amides is 2. The van der Waals surface area contributed by atoms with Gasteiger partial charge in [0.25, 0.3) is 0 Å². The first-order valence-electron chi connectivity index (χ1n) is 11.0. The van der Waals surface area contributed by atoms with Crippen LogP contribution in [0.3, 0.4) is 0 Å². The number of carbonyl (C=O) groups excluding carboxylic acids is 2. The van der Waals surface area contributed by atoms with Crippen molar-refractivity contribution < 1.29 is 14.3 Å². The van der Waals surface area contributed by atoms with Gasteiger partial charge < -0.3 is 14.5 Å². The molecule has 7 nitrogen and oxygen atoms in total. The Hall–Kier alpha value is -2.12. The van der Waals surface area contributed by atoms with Crippen LogP contribution in [-0.4, -0.2) is 96.1 Å². The van der Waals surface area contributed by atoms with Crippen molar-refractivity contribution in [2.24, 2.45) is 0 Å². The van der Waals surface area contributed by atoms with Crippen molar-refractivity contribution in [3.8, 4) is 0 Å². The van der Waals surface area contributed by atoms with Gasteiger partial charge in [0.05, 0.1) is 6.54 Å². The molecule has 2 saturated heterocycles. The summed E-state index contributed by atoms with van der Waals surface area (Å²) in [6.45, 7) is 13.2. The first-order chi connectivity index (χ1) is 14.3. The van der Waals surface area contributed by atoms with Gasteiger partial charge in [0.2, 0.25) is 5.91 Å². The van der Waals surface area contributed by atoms with Gasteiger partial charge in [0, 0.05) is 58.9 Å². The van der Waals surface area contributed by atoms with Crippen LogP contribution in [0.2, 0.25) is 0 Å². The molecule has 0 bridgehead atoms. The van der Waals surface area contributed by atoms with E-state index in [1.165, 1.54) is 5.56 Å². The van der Waals surface area contributed by atoms with Gasteiger partial charge in [0.1, 0.15) is 5.60 Å². The Morgan fingerprint density at radius 3 is 2.13 bits per heavy atom. The lowest BCUT2D eigenvalue weighted by atomic mass is 10.2. The largest absolute Gasteiger partial charge is 0.444 e. The predicted molar refractivity (Wildman–Crippen MR) is 117 cm³/mol. The van der Waals surface area contributed by atoms with Crippen LogP contribution >= 0.6 is 0 Å². The second-order valence-corrected chi connectivity index (χ2v) is 9.24. The van der Waals surface area contributed by atoms with Gasteiger partial charge in [-0.15, -0.1) is 0 Å². The van der Waals surface area contributed by atoms with Gasteiger partial charge in [-0.05, 0) is 32.8 Å². The number of hydrogen-bond acceptors (Lipinski definition) is 5. The minimum absolute atomic E-state index is 0.195. The standard InChI is InChI=1S/C23H36N4O3/c1-23(2,3)30-22(29)27-11-7-10-24(14-17-27)19-21(28)26-15-12-25(13-16-26)18-20-8-5-4-6-9-20/h4-6,8-9H,7,10-19H2,1-3H3. The Balaban J connectivity index is 1.40. The molecule has 1 aromatic rings. The van der Waals surface area contributed by atoms with Gasteiger partial charge in [-0.2, -0.15) is 0 Å². The summed E-state index contributed by atoms with van der Waals surface area (Å²) in [6, 6.07) is 10.5. The molecule has 2 amide bonds. The van der Waals surface area contributed by atoms with E-state index in [9.17, 15) is 9.59 Å². The summed E-state index contributed by atoms with van der Waals surface area (Å²) in [5.41, 5.74) is 0.832. The summed E-state index contributed by atoms with van der Waals surface area (Å²) in [4.78, 5) is 33.4. The molecule has 30 heavy (non-hydrogen) atoms. The monoisotopic (exact) mass is 416 g/mol. The summed E-state index contributed by atoms with van der Waals surface area (Å²) in [5.74, 6) is 0.195. The highest BCUT2D eigenvalue weighted by Gasteiger charge is 2.27. The molecule has 0 spiro atoms. The van der Waals surface area contributed by atoms with E-state index in [4.69, 9.17) is 4.74 Å². The molecule has 2 aliphatic heterocycles. The van der Waals surface area contributed by atoms with Crippen LogP contribution in [0.25, 0.3) is 0 Å². The van der Waals surface area contributed by atoms with Gasteiger partial charge >= 0.3 is 6.09 Å². The molecular formula is C23H36N4O3. The van der Waals surface area contributed by atoms with Crippen LogP contribution in [-0.2, 0) is 16.1 Å². The maximum Gasteiger partial charge on any atom is 0.410 e. The first kappa shape index (κ1) is 22.6. The topological polar surface area (TPSA) is 56.3 Å². The summed E-state index contributed by atoms with van der Waals surface area (Å²) in [5, 5.41) is 0. The third-order valence-corrected chi connectivity index (χ3v) is 5.57. The second kappa shape index (κ2) is 10.3. The molecule has 2 aliphatic rings. The molecular weight excluding hydrogens is 380 g/mol. The van der Waals surface area contributed by atoms with E-state index >= 15 is 0 Å². The van der Waals surface area contributed by atoms with Crippen molar-refractivity contribution in [1.82, 2.24) is 19.6 Å². The second-order valence-electron chi connectivity index (χ2n) is 9.24. The van der Waals surface area contributed by atoms with E-state index < -0.39 is 5.60 Å². The number of carbonyl (C=O) groups is 2. The highest BCUT2D eigenvalue weighted by atomic mass is 16.6. The lowest BCUT2D eigenvalue weighted by Gasteiger charge is -2.35. The zero-order chi connectivity index (χ0) is 21.6. The third-order valence-electron chi connectivity index (χ3n) is 5.57.